The van der Waals surface area contributed by atoms with Crippen molar-refractivity contribution < 1.29 is 14.6 Å². The Labute approximate surface area is 91.8 Å². The molecule has 3 heteroatoms. The summed E-state index contributed by atoms with van der Waals surface area (Å²) in [6.45, 7) is 1.59. The number of rotatable bonds is 3. The van der Waals surface area contributed by atoms with Gasteiger partial charge >= 0.3 is 0 Å². The topological polar surface area (TPSA) is 38.7 Å². The van der Waals surface area contributed by atoms with Gasteiger partial charge < -0.3 is 14.6 Å². The van der Waals surface area contributed by atoms with Crippen molar-refractivity contribution in [2.45, 2.75) is 50.2 Å². The summed E-state index contributed by atoms with van der Waals surface area (Å²) in [7, 11) is 1.73. The number of fused-ring (bicyclic) bond motifs is 1. The van der Waals surface area contributed by atoms with Crippen molar-refractivity contribution in [1.82, 2.24) is 0 Å². The number of ether oxygens (including phenoxy) is 2. The molecule has 0 amide bonds. The van der Waals surface area contributed by atoms with Gasteiger partial charge in [-0.2, -0.15) is 0 Å². The molecule has 2 rings (SSSR count). The molecule has 3 atom stereocenters. The number of hydrogen-bond donors (Lipinski definition) is 1. The molecule has 0 aromatic heterocycles. The van der Waals surface area contributed by atoms with Crippen molar-refractivity contribution >= 4 is 0 Å². The molecule has 1 heterocycles. The van der Waals surface area contributed by atoms with Gasteiger partial charge in [-0.3, -0.25) is 0 Å². The Kier molecular flexibility index (Phi) is 3.65. The summed E-state index contributed by atoms with van der Waals surface area (Å²) in [5.74, 6) is 0.490. The van der Waals surface area contributed by atoms with Crippen LogP contribution >= 0.6 is 0 Å². The van der Waals surface area contributed by atoms with Crippen molar-refractivity contribution in [3.8, 4) is 0 Å². The fraction of sp³-hybridized carbons (Fsp3) is 1.00. The number of hydrogen-bond acceptors (Lipinski definition) is 3. The van der Waals surface area contributed by atoms with Crippen molar-refractivity contribution in [2.75, 3.05) is 20.3 Å². The SMILES string of the molecule is COCCC1CCCC2(O)CCCOC12. The molecule has 2 fully saturated rings. The summed E-state index contributed by atoms with van der Waals surface area (Å²) >= 11 is 0. The quantitative estimate of drug-likeness (QED) is 0.777. The molecule has 2 aliphatic rings. The summed E-state index contributed by atoms with van der Waals surface area (Å²) in [5.41, 5.74) is -0.533. The maximum absolute atomic E-state index is 10.5. The van der Waals surface area contributed by atoms with E-state index in [0.717, 1.165) is 45.3 Å². The van der Waals surface area contributed by atoms with E-state index in [1.807, 2.05) is 0 Å². The second kappa shape index (κ2) is 4.81. The van der Waals surface area contributed by atoms with Gasteiger partial charge in [-0.15, -0.1) is 0 Å². The Morgan fingerprint density at radius 1 is 1.40 bits per heavy atom. The zero-order chi connectivity index (χ0) is 10.7. The lowest BCUT2D eigenvalue weighted by molar-refractivity contribution is -0.187. The van der Waals surface area contributed by atoms with Crippen LogP contribution in [0.2, 0.25) is 0 Å². The van der Waals surface area contributed by atoms with E-state index in [2.05, 4.69) is 0 Å². The largest absolute Gasteiger partial charge is 0.387 e. The van der Waals surface area contributed by atoms with Gasteiger partial charge in [-0.1, -0.05) is 6.42 Å². The van der Waals surface area contributed by atoms with Gasteiger partial charge in [0, 0.05) is 20.3 Å². The van der Waals surface area contributed by atoms with Crippen molar-refractivity contribution in [3.63, 3.8) is 0 Å². The van der Waals surface area contributed by atoms with Crippen LogP contribution in [0.25, 0.3) is 0 Å². The van der Waals surface area contributed by atoms with Gasteiger partial charge in [0.05, 0.1) is 11.7 Å². The molecule has 1 aliphatic heterocycles. The van der Waals surface area contributed by atoms with E-state index in [4.69, 9.17) is 9.47 Å². The molecule has 88 valence electrons. The van der Waals surface area contributed by atoms with Crippen molar-refractivity contribution in [2.24, 2.45) is 5.92 Å². The molecule has 15 heavy (non-hydrogen) atoms. The van der Waals surface area contributed by atoms with Gasteiger partial charge in [-0.25, -0.2) is 0 Å². The molecule has 3 nitrogen and oxygen atoms in total. The normalized spacial score (nSPS) is 41.2. The molecule has 1 saturated heterocycles. The molecule has 1 N–H and O–H groups in total. The molecule has 3 unspecified atom stereocenters. The second-order valence-electron chi connectivity index (χ2n) is 4.93. The van der Waals surface area contributed by atoms with Gasteiger partial charge in [0.25, 0.3) is 0 Å². The maximum Gasteiger partial charge on any atom is 0.0911 e. The lowest BCUT2D eigenvalue weighted by atomic mass is 9.71. The molecule has 0 aromatic rings. The van der Waals surface area contributed by atoms with Crippen LogP contribution in [0.15, 0.2) is 0 Å². The molecule has 0 radical (unpaired) electrons. The molecule has 1 saturated carbocycles. The first-order valence-corrected chi connectivity index (χ1v) is 6.09. The Morgan fingerprint density at radius 3 is 3.00 bits per heavy atom. The average Bonchev–Trinajstić information content (AvgIpc) is 2.25. The van der Waals surface area contributed by atoms with E-state index in [-0.39, 0.29) is 6.10 Å². The van der Waals surface area contributed by atoms with Gasteiger partial charge in [0.1, 0.15) is 0 Å². The van der Waals surface area contributed by atoms with E-state index >= 15 is 0 Å². The molecule has 0 aromatic carbocycles. The van der Waals surface area contributed by atoms with E-state index in [1.54, 1.807) is 7.11 Å². The fourth-order valence-electron chi connectivity index (χ4n) is 3.11. The number of methoxy groups -OCH3 is 1. The molecule has 1 aliphatic carbocycles. The van der Waals surface area contributed by atoms with E-state index in [9.17, 15) is 5.11 Å². The van der Waals surface area contributed by atoms with E-state index < -0.39 is 5.60 Å². The van der Waals surface area contributed by atoms with Gasteiger partial charge in [0.2, 0.25) is 0 Å². The Hall–Kier alpha value is -0.120. The number of aliphatic hydroxyl groups is 1. The smallest absolute Gasteiger partial charge is 0.0911 e. The highest BCUT2D eigenvalue weighted by Gasteiger charge is 2.46. The third kappa shape index (κ3) is 2.35. The van der Waals surface area contributed by atoms with Crippen LogP contribution < -0.4 is 0 Å². The van der Waals surface area contributed by atoms with Crippen LogP contribution in [0.1, 0.15) is 38.5 Å². The summed E-state index contributed by atoms with van der Waals surface area (Å²) in [5, 5.41) is 10.5. The monoisotopic (exact) mass is 214 g/mol. The average molecular weight is 214 g/mol. The first kappa shape index (κ1) is 11.4. The lowest BCUT2D eigenvalue weighted by Crippen LogP contribution is -2.53. The van der Waals surface area contributed by atoms with Crippen LogP contribution in [0.3, 0.4) is 0 Å². The Morgan fingerprint density at radius 2 is 2.20 bits per heavy atom. The van der Waals surface area contributed by atoms with E-state index in [0.29, 0.717) is 5.92 Å². The van der Waals surface area contributed by atoms with Crippen LogP contribution in [-0.4, -0.2) is 37.1 Å². The molecule has 0 spiro atoms. The summed E-state index contributed by atoms with van der Waals surface area (Å²) < 4.78 is 10.9. The minimum absolute atomic E-state index is 0.0650. The predicted octanol–water partition coefficient (Wildman–Crippen LogP) is 1.73. The lowest BCUT2D eigenvalue weighted by Gasteiger charge is -2.47. The van der Waals surface area contributed by atoms with Crippen LogP contribution in [0, 0.1) is 5.92 Å². The first-order valence-electron chi connectivity index (χ1n) is 6.09. The summed E-state index contributed by atoms with van der Waals surface area (Å²) in [6.07, 6.45) is 6.23. The van der Waals surface area contributed by atoms with Crippen molar-refractivity contribution in [1.29, 1.82) is 0 Å². The van der Waals surface area contributed by atoms with Gasteiger partial charge in [-0.05, 0) is 38.0 Å². The third-order valence-corrected chi connectivity index (χ3v) is 3.89. The third-order valence-electron chi connectivity index (χ3n) is 3.89. The molecule has 0 bridgehead atoms. The summed E-state index contributed by atoms with van der Waals surface area (Å²) in [6, 6.07) is 0. The maximum atomic E-state index is 10.5. The highest BCUT2D eigenvalue weighted by molar-refractivity contribution is 4.97. The highest BCUT2D eigenvalue weighted by Crippen LogP contribution is 2.41. The second-order valence-corrected chi connectivity index (χ2v) is 4.93. The predicted molar refractivity (Wildman–Crippen MR) is 57.8 cm³/mol. The first-order chi connectivity index (χ1) is 7.26. The fourth-order valence-corrected chi connectivity index (χ4v) is 3.11. The zero-order valence-electron chi connectivity index (χ0n) is 9.58. The Balaban J connectivity index is 1.99. The van der Waals surface area contributed by atoms with Crippen molar-refractivity contribution in [3.05, 3.63) is 0 Å². The Bertz CT molecular complexity index is 203. The standard InChI is InChI=1S/C12H22O3/c1-14-9-5-10-4-2-6-12(13)7-3-8-15-11(10)12/h10-11,13H,2-9H2,1H3. The minimum Gasteiger partial charge on any atom is -0.387 e. The molecular weight excluding hydrogens is 192 g/mol. The van der Waals surface area contributed by atoms with Gasteiger partial charge in [0.15, 0.2) is 0 Å². The van der Waals surface area contributed by atoms with Crippen LogP contribution in [0.5, 0.6) is 0 Å². The molecular formula is C12H22O3. The zero-order valence-corrected chi connectivity index (χ0v) is 9.58. The summed E-state index contributed by atoms with van der Waals surface area (Å²) in [4.78, 5) is 0. The van der Waals surface area contributed by atoms with Crippen LogP contribution in [0.4, 0.5) is 0 Å². The highest BCUT2D eigenvalue weighted by atomic mass is 16.5. The minimum atomic E-state index is -0.533. The van der Waals surface area contributed by atoms with E-state index in [1.165, 1.54) is 6.42 Å². The van der Waals surface area contributed by atoms with Crippen LogP contribution in [-0.2, 0) is 9.47 Å².